The lowest BCUT2D eigenvalue weighted by atomic mass is 10.1. The van der Waals surface area contributed by atoms with Crippen molar-refractivity contribution in [1.29, 1.82) is 0 Å². The van der Waals surface area contributed by atoms with E-state index in [0.717, 1.165) is 11.8 Å². The van der Waals surface area contributed by atoms with Crippen molar-refractivity contribution in [1.82, 2.24) is 15.2 Å². The summed E-state index contributed by atoms with van der Waals surface area (Å²) in [6.45, 7) is 0. The minimum absolute atomic E-state index is 0.561. The number of hydrogen-bond acceptors (Lipinski definition) is 3. The summed E-state index contributed by atoms with van der Waals surface area (Å²) in [5.74, 6) is 0. The third-order valence-electron chi connectivity index (χ3n) is 1.75. The van der Waals surface area contributed by atoms with Gasteiger partial charge in [-0.3, -0.25) is 14.9 Å². The number of H-pyrrole nitrogens is 1. The average Bonchev–Trinajstić information content (AvgIpc) is 2.67. The first kappa shape index (κ1) is 7.67. The van der Waals surface area contributed by atoms with Crippen molar-refractivity contribution in [3.63, 3.8) is 0 Å². The van der Waals surface area contributed by atoms with Crippen LogP contribution in [0.4, 0.5) is 0 Å². The van der Waals surface area contributed by atoms with Crippen LogP contribution >= 0.6 is 0 Å². The fourth-order valence-electron chi connectivity index (χ4n) is 1.13. The fourth-order valence-corrected chi connectivity index (χ4v) is 1.13. The number of aromatic amines is 1. The van der Waals surface area contributed by atoms with Crippen LogP contribution < -0.4 is 0 Å². The van der Waals surface area contributed by atoms with E-state index in [1.54, 1.807) is 18.6 Å². The zero-order chi connectivity index (χ0) is 9.10. The van der Waals surface area contributed by atoms with Crippen molar-refractivity contribution in [2.24, 2.45) is 0 Å². The molecule has 2 rings (SSSR count). The second-order valence-electron chi connectivity index (χ2n) is 2.54. The number of aromatic nitrogens is 3. The maximum Gasteiger partial charge on any atom is 0.153 e. The van der Waals surface area contributed by atoms with E-state index in [1.165, 1.54) is 0 Å². The third-order valence-corrected chi connectivity index (χ3v) is 1.75. The molecular weight excluding hydrogens is 166 g/mol. The number of pyridine rings is 1. The summed E-state index contributed by atoms with van der Waals surface area (Å²) in [6.07, 6.45) is 5.68. The number of rotatable bonds is 2. The van der Waals surface area contributed by atoms with Crippen molar-refractivity contribution in [2.75, 3.05) is 0 Å². The van der Waals surface area contributed by atoms with Crippen LogP contribution in [0.5, 0.6) is 0 Å². The van der Waals surface area contributed by atoms with Crippen molar-refractivity contribution in [2.45, 2.75) is 0 Å². The van der Waals surface area contributed by atoms with Crippen molar-refractivity contribution < 1.29 is 4.79 Å². The van der Waals surface area contributed by atoms with E-state index in [0.29, 0.717) is 11.3 Å². The molecular formula is C9H7N3O. The van der Waals surface area contributed by atoms with Crippen LogP contribution in [0.3, 0.4) is 0 Å². The molecule has 4 nitrogen and oxygen atoms in total. The Bertz CT molecular complexity index is 408. The monoisotopic (exact) mass is 173 g/mol. The summed E-state index contributed by atoms with van der Waals surface area (Å²) < 4.78 is 0. The first-order chi connectivity index (χ1) is 6.42. The zero-order valence-corrected chi connectivity index (χ0v) is 6.77. The summed E-state index contributed by atoms with van der Waals surface area (Å²) in [5, 5.41) is 6.62. The number of hydrogen-bond donors (Lipinski definition) is 1. The molecule has 0 atom stereocenters. The molecule has 0 radical (unpaired) electrons. The third kappa shape index (κ3) is 1.33. The number of carbonyl (C=O) groups is 1. The van der Waals surface area contributed by atoms with E-state index < -0.39 is 0 Å². The van der Waals surface area contributed by atoms with Gasteiger partial charge in [0.15, 0.2) is 6.29 Å². The van der Waals surface area contributed by atoms with Crippen LogP contribution in [-0.4, -0.2) is 21.5 Å². The summed E-state index contributed by atoms with van der Waals surface area (Å²) in [5.41, 5.74) is 2.11. The standard InChI is InChI=1S/C9H7N3O/c13-6-8-5-11-12-9(8)7-1-3-10-4-2-7/h1-6H,(H,11,12). The van der Waals surface area contributed by atoms with Gasteiger partial charge in [-0.15, -0.1) is 0 Å². The number of nitrogens with one attached hydrogen (secondary N) is 1. The topological polar surface area (TPSA) is 58.6 Å². The number of aldehydes is 1. The van der Waals surface area contributed by atoms with Crippen LogP contribution in [-0.2, 0) is 0 Å². The lowest BCUT2D eigenvalue weighted by molar-refractivity contribution is 0.112. The predicted octanol–water partition coefficient (Wildman–Crippen LogP) is 1.28. The van der Waals surface area contributed by atoms with E-state index in [4.69, 9.17) is 0 Å². The van der Waals surface area contributed by atoms with Crippen LogP contribution in [0.25, 0.3) is 11.3 Å². The fraction of sp³-hybridized carbons (Fsp3) is 0. The molecule has 0 aliphatic rings. The van der Waals surface area contributed by atoms with Crippen molar-refractivity contribution in [3.8, 4) is 11.3 Å². The second-order valence-corrected chi connectivity index (χ2v) is 2.54. The molecule has 0 bridgehead atoms. The van der Waals surface area contributed by atoms with Gasteiger partial charge in [0.25, 0.3) is 0 Å². The molecule has 13 heavy (non-hydrogen) atoms. The molecule has 2 aromatic rings. The molecule has 1 N–H and O–H groups in total. The van der Waals surface area contributed by atoms with Gasteiger partial charge in [-0.05, 0) is 12.1 Å². The minimum atomic E-state index is 0.561. The molecule has 0 unspecified atom stereocenters. The molecule has 2 aromatic heterocycles. The molecule has 0 aromatic carbocycles. The molecule has 4 heteroatoms. The maximum absolute atomic E-state index is 10.6. The average molecular weight is 173 g/mol. The van der Waals surface area contributed by atoms with Crippen molar-refractivity contribution in [3.05, 3.63) is 36.3 Å². The van der Waals surface area contributed by atoms with E-state index in [1.807, 2.05) is 12.1 Å². The summed E-state index contributed by atoms with van der Waals surface area (Å²) >= 11 is 0. The number of carbonyl (C=O) groups excluding carboxylic acids is 1. The van der Waals surface area contributed by atoms with Crippen LogP contribution in [0, 0.1) is 0 Å². The minimum Gasteiger partial charge on any atom is -0.298 e. The Morgan fingerprint density at radius 2 is 2.08 bits per heavy atom. The molecule has 64 valence electrons. The van der Waals surface area contributed by atoms with E-state index >= 15 is 0 Å². The highest BCUT2D eigenvalue weighted by atomic mass is 16.1. The maximum atomic E-state index is 10.6. The molecule has 0 saturated heterocycles. The van der Waals surface area contributed by atoms with Gasteiger partial charge in [0, 0.05) is 24.2 Å². The smallest absolute Gasteiger partial charge is 0.153 e. The largest absolute Gasteiger partial charge is 0.298 e. The van der Waals surface area contributed by atoms with Gasteiger partial charge in [0.2, 0.25) is 0 Å². The lowest BCUT2D eigenvalue weighted by Gasteiger charge is -1.94. The lowest BCUT2D eigenvalue weighted by Crippen LogP contribution is -1.83. The Balaban J connectivity index is 2.52. The highest BCUT2D eigenvalue weighted by molar-refractivity contribution is 5.85. The predicted molar refractivity (Wildman–Crippen MR) is 47.2 cm³/mol. The van der Waals surface area contributed by atoms with Crippen molar-refractivity contribution >= 4 is 6.29 Å². The Hall–Kier alpha value is -1.97. The van der Waals surface area contributed by atoms with Crippen LogP contribution in [0.2, 0.25) is 0 Å². The second kappa shape index (κ2) is 3.18. The summed E-state index contributed by atoms with van der Waals surface area (Å²) in [4.78, 5) is 14.5. The van der Waals surface area contributed by atoms with Gasteiger partial charge >= 0.3 is 0 Å². The van der Waals surface area contributed by atoms with Gasteiger partial charge < -0.3 is 0 Å². The number of nitrogens with zero attached hydrogens (tertiary/aromatic N) is 2. The van der Waals surface area contributed by atoms with E-state index in [2.05, 4.69) is 15.2 Å². The Kier molecular flexibility index (Phi) is 1.88. The van der Waals surface area contributed by atoms with Gasteiger partial charge in [-0.25, -0.2) is 0 Å². The SMILES string of the molecule is O=Cc1c[nH]nc1-c1ccncc1. The highest BCUT2D eigenvalue weighted by Gasteiger charge is 2.05. The molecule has 0 amide bonds. The zero-order valence-electron chi connectivity index (χ0n) is 6.77. The van der Waals surface area contributed by atoms with Crippen LogP contribution in [0.15, 0.2) is 30.7 Å². The first-order valence-electron chi connectivity index (χ1n) is 3.81. The quantitative estimate of drug-likeness (QED) is 0.696. The van der Waals surface area contributed by atoms with Crippen LogP contribution in [0.1, 0.15) is 10.4 Å². The first-order valence-corrected chi connectivity index (χ1v) is 3.81. The molecule has 2 heterocycles. The Labute approximate surface area is 74.6 Å². The van der Waals surface area contributed by atoms with E-state index in [-0.39, 0.29) is 0 Å². The normalized spacial score (nSPS) is 9.85. The molecule has 0 aliphatic carbocycles. The molecule has 0 aliphatic heterocycles. The molecule has 0 saturated carbocycles. The van der Waals surface area contributed by atoms with Gasteiger partial charge in [0.1, 0.15) is 5.69 Å². The summed E-state index contributed by atoms with van der Waals surface area (Å²) in [6, 6.07) is 3.62. The van der Waals surface area contributed by atoms with Gasteiger partial charge in [0.05, 0.1) is 5.56 Å². The van der Waals surface area contributed by atoms with Gasteiger partial charge in [-0.2, -0.15) is 5.10 Å². The summed E-state index contributed by atoms with van der Waals surface area (Å²) in [7, 11) is 0. The Morgan fingerprint density at radius 3 is 2.77 bits per heavy atom. The molecule has 0 fully saturated rings. The Morgan fingerprint density at radius 1 is 1.31 bits per heavy atom. The highest BCUT2D eigenvalue weighted by Crippen LogP contribution is 2.17. The van der Waals surface area contributed by atoms with Gasteiger partial charge in [-0.1, -0.05) is 0 Å². The van der Waals surface area contributed by atoms with E-state index in [9.17, 15) is 4.79 Å². The molecule has 0 spiro atoms.